The van der Waals surface area contributed by atoms with E-state index in [0.29, 0.717) is 12.2 Å². The number of rotatable bonds is 6. The molecule has 3 N–H and O–H groups in total. The van der Waals surface area contributed by atoms with Crippen molar-refractivity contribution in [1.29, 1.82) is 0 Å². The van der Waals surface area contributed by atoms with Crippen molar-refractivity contribution in [3.8, 4) is 0 Å². The van der Waals surface area contributed by atoms with Gasteiger partial charge in [0, 0.05) is 43.8 Å². The molecule has 0 atom stereocenters. The lowest BCUT2D eigenvalue weighted by Gasteiger charge is -2.38. The van der Waals surface area contributed by atoms with E-state index in [1.54, 1.807) is 24.3 Å². The fourth-order valence-electron chi connectivity index (χ4n) is 6.73. The number of thiazole rings is 1. The van der Waals surface area contributed by atoms with E-state index in [9.17, 15) is 13.2 Å². The van der Waals surface area contributed by atoms with E-state index in [1.165, 1.54) is 73.7 Å². The first-order valence-electron chi connectivity index (χ1n) is 15.2. The second-order valence-electron chi connectivity index (χ2n) is 11.9. The molecule has 0 radical (unpaired) electrons. The third-order valence-corrected chi connectivity index (χ3v) is 12.4. The van der Waals surface area contributed by atoms with Crippen molar-refractivity contribution in [2.75, 3.05) is 24.5 Å². The van der Waals surface area contributed by atoms with Crippen LogP contribution in [0, 0.1) is 0 Å². The highest BCUT2D eigenvalue weighted by molar-refractivity contribution is 7.93. The predicted molar refractivity (Wildman–Crippen MR) is 162 cm³/mol. The van der Waals surface area contributed by atoms with E-state index in [1.807, 2.05) is 6.07 Å². The number of aromatic amines is 1. The van der Waals surface area contributed by atoms with Crippen LogP contribution >= 0.6 is 11.3 Å². The molecule has 0 unspecified atom stereocenters. The molecular formula is C31H41N5O3S2. The molecule has 8 nitrogen and oxygen atoms in total. The van der Waals surface area contributed by atoms with Gasteiger partial charge in [0.1, 0.15) is 9.90 Å². The average molecular weight is 596 g/mol. The summed E-state index contributed by atoms with van der Waals surface area (Å²) in [6, 6.07) is 8.80. The second-order valence-corrected chi connectivity index (χ2v) is 15.1. The number of sulfone groups is 1. The third-order valence-electron chi connectivity index (χ3n) is 9.06. The average Bonchev–Trinajstić information content (AvgIpc) is 3.77. The molecule has 1 saturated carbocycles. The summed E-state index contributed by atoms with van der Waals surface area (Å²) in [6.45, 7) is 3.94. The molecule has 3 aromatic rings. The Labute approximate surface area is 247 Å². The number of aromatic nitrogens is 2. The Balaban J connectivity index is 1.10. The molecule has 2 fully saturated rings. The first-order chi connectivity index (χ1) is 19.9. The number of hydrogen-bond acceptors (Lipinski definition) is 7. The van der Waals surface area contributed by atoms with Crippen LogP contribution in [0.5, 0.6) is 0 Å². The van der Waals surface area contributed by atoms with Crippen LogP contribution in [0.1, 0.15) is 97.9 Å². The number of nitrogens with one attached hydrogen (secondary N) is 3. The van der Waals surface area contributed by atoms with Crippen molar-refractivity contribution < 1.29 is 13.2 Å². The summed E-state index contributed by atoms with van der Waals surface area (Å²) in [7, 11) is -3.63. The largest absolute Gasteiger partial charge is 0.354 e. The molecule has 2 aliphatic heterocycles. The van der Waals surface area contributed by atoms with Crippen LogP contribution < -0.4 is 15.5 Å². The molecule has 1 spiro atoms. The smallest absolute Gasteiger partial charge is 0.267 e. The molecule has 10 heteroatoms. The quantitative estimate of drug-likeness (QED) is 0.338. The van der Waals surface area contributed by atoms with Crippen LogP contribution in [-0.4, -0.2) is 43.9 Å². The Morgan fingerprint density at radius 2 is 1.66 bits per heavy atom. The molecule has 1 amide bonds. The van der Waals surface area contributed by atoms with Crippen molar-refractivity contribution in [2.45, 2.75) is 98.2 Å². The summed E-state index contributed by atoms with van der Waals surface area (Å²) in [4.78, 5) is 23.5. The summed E-state index contributed by atoms with van der Waals surface area (Å²) < 4.78 is 26.7. The van der Waals surface area contributed by atoms with Crippen molar-refractivity contribution in [2.24, 2.45) is 0 Å². The van der Waals surface area contributed by atoms with Gasteiger partial charge in [-0.1, -0.05) is 68.4 Å². The topological polar surface area (TPSA) is 107 Å². The fourth-order valence-corrected chi connectivity index (χ4v) is 9.30. The predicted octanol–water partition coefficient (Wildman–Crippen LogP) is 5.70. The van der Waals surface area contributed by atoms with E-state index in [-0.39, 0.29) is 20.4 Å². The molecule has 2 aromatic heterocycles. The Hall–Kier alpha value is -2.69. The highest BCUT2D eigenvalue weighted by atomic mass is 32.2. The molecule has 3 aliphatic rings. The van der Waals surface area contributed by atoms with Gasteiger partial charge in [-0.3, -0.25) is 4.79 Å². The number of benzene rings is 1. The lowest BCUT2D eigenvalue weighted by molar-refractivity contribution is 0.0946. The molecule has 41 heavy (non-hydrogen) atoms. The van der Waals surface area contributed by atoms with Gasteiger partial charge >= 0.3 is 0 Å². The molecule has 1 aliphatic carbocycles. The Morgan fingerprint density at radius 3 is 2.37 bits per heavy atom. The van der Waals surface area contributed by atoms with Crippen LogP contribution in [0.15, 0.2) is 45.6 Å². The monoisotopic (exact) mass is 595 g/mol. The molecule has 220 valence electrons. The van der Waals surface area contributed by atoms with E-state index >= 15 is 0 Å². The molecular weight excluding hydrogens is 555 g/mol. The summed E-state index contributed by atoms with van der Waals surface area (Å²) in [6.07, 6.45) is 15.1. The van der Waals surface area contributed by atoms with Crippen LogP contribution in [0.3, 0.4) is 0 Å². The maximum absolute atomic E-state index is 13.2. The van der Waals surface area contributed by atoms with Crippen molar-refractivity contribution >= 4 is 32.2 Å². The van der Waals surface area contributed by atoms with Gasteiger partial charge in [-0.2, -0.15) is 0 Å². The molecule has 4 heterocycles. The van der Waals surface area contributed by atoms with E-state index in [0.717, 1.165) is 62.6 Å². The number of anilines is 1. The van der Waals surface area contributed by atoms with Gasteiger partial charge in [-0.25, -0.2) is 13.4 Å². The normalized spacial score (nSPS) is 19.7. The number of hydrogen-bond donors (Lipinski definition) is 3. The zero-order chi connectivity index (χ0) is 28.3. The van der Waals surface area contributed by atoms with Crippen molar-refractivity contribution in [3.05, 3.63) is 59.0 Å². The van der Waals surface area contributed by atoms with Crippen LogP contribution in [0.2, 0.25) is 0 Å². The van der Waals surface area contributed by atoms with Crippen LogP contribution in [0.4, 0.5) is 5.13 Å². The van der Waals surface area contributed by atoms with Crippen LogP contribution in [-0.2, 0) is 28.3 Å². The number of H-pyrrole nitrogens is 1. The minimum atomic E-state index is -3.63. The van der Waals surface area contributed by atoms with Gasteiger partial charge in [-0.05, 0) is 55.0 Å². The SMILES string of the molecule is O=C(NCc1ccc(S(=O)(=O)c2cnc(N3CCCC3)s2)cc1)c1cc2c([nH]1)C1(CCCCCCCCC1)CNC2. The minimum Gasteiger partial charge on any atom is -0.354 e. The number of fused-ring (bicyclic) bond motifs is 2. The van der Waals surface area contributed by atoms with E-state index < -0.39 is 9.84 Å². The van der Waals surface area contributed by atoms with Gasteiger partial charge in [0.25, 0.3) is 5.91 Å². The highest BCUT2D eigenvalue weighted by Gasteiger charge is 2.38. The second kappa shape index (κ2) is 12.3. The standard InChI is InChI=1S/C31H41N5O3S2/c37-29(26-18-24-20-32-22-31(28(24)35-26)14-6-4-2-1-3-5-7-15-31)33-19-23-10-12-25(13-11-23)41(38,39)27-21-34-30(40-27)36-16-8-9-17-36/h10-13,18,21,32,35H,1-9,14-17,19-20,22H2,(H,33,37). The first kappa shape index (κ1) is 28.4. The zero-order valence-corrected chi connectivity index (χ0v) is 25.3. The molecule has 1 aromatic carbocycles. The van der Waals surface area contributed by atoms with Crippen LogP contribution in [0.25, 0.3) is 0 Å². The zero-order valence-electron chi connectivity index (χ0n) is 23.7. The summed E-state index contributed by atoms with van der Waals surface area (Å²) in [5.74, 6) is -0.134. The fraction of sp³-hybridized carbons (Fsp3) is 0.548. The summed E-state index contributed by atoms with van der Waals surface area (Å²) in [5.41, 5.74) is 4.00. The molecule has 0 bridgehead atoms. The lowest BCUT2D eigenvalue weighted by Crippen LogP contribution is -2.43. The first-order valence-corrected chi connectivity index (χ1v) is 17.5. The van der Waals surface area contributed by atoms with Crippen molar-refractivity contribution in [3.63, 3.8) is 0 Å². The summed E-state index contributed by atoms with van der Waals surface area (Å²) in [5, 5.41) is 7.43. The van der Waals surface area contributed by atoms with Gasteiger partial charge in [0.15, 0.2) is 5.13 Å². The number of nitrogens with zero attached hydrogens (tertiary/aromatic N) is 2. The minimum absolute atomic E-state index is 0.0814. The number of carbonyl (C=O) groups excluding carboxylic acids is 1. The Bertz CT molecular complexity index is 1440. The molecule has 6 rings (SSSR count). The van der Waals surface area contributed by atoms with Gasteiger partial charge in [0.2, 0.25) is 9.84 Å². The highest BCUT2D eigenvalue weighted by Crippen LogP contribution is 2.40. The van der Waals surface area contributed by atoms with E-state index in [2.05, 4.69) is 25.5 Å². The Kier molecular flexibility index (Phi) is 8.51. The van der Waals surface area contributed by atoms with Gasteiger partial charge < -0.3 is 20.5 Å². The summed E-state index contributed by atoms with van der Waals surface area (Å²) >= 11 is 1.23. The van der Waals surface area contributed by atoms with Gasteiger partial charge in [0.05, 0.1) is 11.1 Å². The van der Waals surface area contributed by atoms with Crippen molar-refractivity contribution in [1.82, 2.24) is 20.6 Å². The molecule has 1 saturated heterocycles. The third kappa shape index (κ3) is 6.10. The maximum Gasteiger partial charge on any atom is 0.267 e. The number of amides is 1. The van der Waals surface area contributed by atoms with Gasteiger partial charge in [-0.15, -0.1) is 0 Å². The maximum atomic E-state index is 13.2. The Morgan fingerprint density at radius 1 is 0.976 bits per heavy atom. The number of carbonyl (C=O) groups is 1. The lowest BCUT2D eigenvalue weighted by atomic mass is 9.72. The van der Waals surface area contributed by atoms with E-state index in [4.69, 9.17) is 0 Å².